The predicted molar refractivity (Wildman–Crippen MR) is 98.8 cm³/mol. The zero-order valence-electron chi connectivity index (χ0n) is 16.8. The van der Waals surface area contributed by atoms with Crippen molar-refractivity contribution in [3.05, 3.63) is 28.0 Å². The number of ether oxygens (including phenoxy) is 1. The van der Waals surface area contributed by atoms with Crippen molar-refractivity contribution in [2.45, 2.75) is 64.1 Å². The molecule has 1 unspecified atom stereocenters. The molecule has 3 heterocycles. The SMILES string of the molecule is CN1N=C(c2ccc([N+](=O)[O-])o2)CC12CC(C)(C)N(C(=O)OC(C)(C)C)C2=O. The molecule has 1 fully saturated rings. The molecule has 0 bridgehead atoms. The average molecular weight is 392 g/mol. The lowest BCUT2D eigenvalue weighted by molar-refractivity contribution is -0.402. The first-order valence-corrected chi connectivity index (χ1v) is 8.90. The van der Waals surface area contributed by atoms with Crippen LogP contribution in [0.3, 0.4) is 0 Å². The van der Waals surface area contributed by atoms with Crippen molar-refractivity contribution >= 4 is 23.6 Å². The van der Waals surface area contributed by atoms with Crippen molar-refractivity contribution in [3.63, 3.8) is 0 Å². The van der Waals surface area contributed by atoms with E-state index in [1.165, 1.54) is 17.1 Å². The lowest BCUT2D eigenvalue weighted by Crippen LogP contribution is -2.51. The molecule has 1 spiro atoms. The van der Waals surface area contributed by atoms with Crippen LogP contribution >= 0.6 is 0 Å². The van der Waals surface area contributed by atoms with Gasteiger partial charge in [0.15, 0.2) is 5.76 Å². The van der Waals surface area contributed by atoms with Gasteiger partial charge < -0.3 is 9.15 Å². The van der Waals surface area contributed by atoms with Crippen molar-refractivity contribution in [3.8, 4) is 0 Å². The molecule has 1 aromatic heterocycles. The second kappa shape index (κ2) is 6.05. The highest BCUT2D eigenvalue weighted by Gasteiger charge is 2.63. The fourth-order valence-electron chi connectivity index (χ4n) is 3.80. The highest BCUT2D eigenvalue weighted by Crippen LogP contribution is 2.46. The van der Waals surface area contributed by atoms with Crippen LogP contribution in [0.5, 0.6) is 0 Å². The molecule has 1 saturated heterocycles. The smallest absolute Gasteiger partial charge is 0.433 e. The lowest BCUT2D eigenvalue weighted by Gasteiger charge is -2.31. The second-order valence-corrected chi connectivity index (χ2v) is 8.78. The minimum atomic E-state index is -1.07. The predicted octanol–water partition coefficient (Wildman–Crippen LogP) is 2.91. The van der Waals surface area contributed by atoms with Crippen molar-refractivity contribution in [2.75, 3.05) is 7.05 Å². The number of likely N-dealkylation sites (N-methyl/N-ethyl adjacent to an activating group) is 1. The number of carbonyl (C=O) groups is 2. The molecule has 1 aromatic rings. The van der Waals surface area contributed by atoms with Crippen LogP contribution in [0.25, 0.3) is 0 Å². The van der Waals surface area contributed by atoms with E-state index in [1.54, 1.807) is 41.7 Å². The number of hydrogen-bond acceptors (Lipinski definition) is 8. The fraction of sp³-hybridized carbons (Fsp3) is 0.611. The Morgan fingerprint density at radius 2 is 2.00 bits per heavy atom. The summed E-state index contributed by atoms with van der Waals surface area (Å²) in [5.74, 6) is -0.569. The zero-order chi connectivity index (χ0) is 21.1. The first kappa shape index (κ1) is 19.8. The minimum Gasteiger partial charge on any atom is -0.443 e. The standard InChI is InChI=1S/C18H24N4O6/c1-16(2,3)28-15(24)21-14(23)18(10-17(21,4)5)9-11(19-20(18)6)12-7-8-13(27-12)22(25)26/h7-8H,9-10H2,1-6H3. The van der Waals surface area contributed by atoms with Crippen molar-refractivity contribution in [1.82, 2.24) is 9.91 Å². The van der Waals surface area contributed by atoms with Gasteiger partial charge in [0.1, 0.15) is 21.8 Å². The third-order valence-electron chi connectivity index (χ3n) is 4.91. The number of hydrogen-bond donors (Lipinski definition) is 0. The Balaban J connectivity index is 1.90. The molecule has 28 heavy (non-hydrogen) atoms. The van der Waals surface area contributed by atoms with Crippen molar-refractivity contribution < 1.29 is 23.7 Å². The van der Waals surface area contributed by atoms with Gasteiger partial charge >= 0.3 is 12.0 Å². The molecule has 0 aromatic carbocycles. The van der Waals surface area contributed by atoms with Gasteiger partial charge in [0.05, 0.1) is 11.6 Å². The highest BCUT2D eigenvalue weighted by molar-refractivity contribution is 6.09. The van der Waals surface area contributed by atoms with Gasteiger partial charge in [0.2, 0.25) is 0 Å². The second-order valence-electron chi connectivity index (χ2n) is 8.78. The summed E-state index contributed by atoms with van der Waals surface area (Å²) in [6.45, 7) is 8.81. The topological polar surface area (TPSA) is 118 Å². The summed E-state index contributed by atoms with van der Waals surface area (Å²) >= 11 is 0. The van der Waals surface area contributed by atoms with Crippen LogP contribution < -0.4 is 0 Å². The van der Waals surface area contributed by atoms with E-state index < -0.39 is 39.5 Å². The molecule has 10 heteroatoms. The molecule has 0 aliphatic carbocycles. The number of nitrogens with zero attached hydrogens (tertiary/aromatic N) is 4. The van der Waals surface area contributed by atoms with E-state index in [4.69, 9.17) is 9.15 Å². The van der Waals surface area contributed by atoms with Crippen LogP contribution in [-0.4, -0.2) is 56.3 Å². The Morgan fingerprint density at radius 1 is 1.36 bits per heavy atom. The van der Waals surface area contributed by atoms with Gasteiger partial charge in [-0.15, -0.1) is 0 Å². The van der Waals surface area contributed by atoms with Crippen LogP contribution in [0.1, 0.15) is 53.2 Å². The van der Waals surface area contributed by atoms with Gasteiger partial charge in [-0.2, -0.15) is 5.10 Å². The number of likely N-dealkylation sites (tertiary alicyclic amines) is 1. The van der Waals surface area contributed by atoms with E-state index in [0.717, 1.165) is 4.90 Å². The Labute approximate surface area is 162 Å². The molecule has 3 rings (SSSR count). The van der Waals surface area contributed by atoms with Gasteiger partial charge in [-0.25, -0.2) is 9.69 Å². The average Bonchev–Trinajstić information content (AvgIpc) is 3.15. The molecule has 1 atom stereocenters. The summed E-state index contributed by atoms with van der Waals surface area (Å²) in [5.41, 5.74) is -2.17. The normalized spacial score (nSPS) is 24.1. The molecule has 152 valence electrons. The first-order chi connectivity index (χ1) is 12.8. The Bertz CT molecular complexity index is 881. The molecule has 0 N–H and O–H groups in total. The number of rotatable bonds is 2. The highest BCUT2D eigenvalue weighted by atomic mass is 16.6. The van der Waals surface area contributed by atoms with E-state index in [0.29, 0.717) is 12.1 Å². The third kappa shape index (κ3) is 3.12. The number of furan rings is 1. The van der Waals surface area contributed by atoms with Crippen molar-refractivity contribution in [2.24, 2.45) is 5.10 Å². The summed E-state index contributed by atoms with van der Waals surface area (Å²) in [6, 6.07) is 2.70. The Kier molecular flexibility index (Phi) is 4.28. The molecule has 2 amide bonds. The molecule has 0 saturated carbocycles. The van der Waals surface area contributed by atoms with Gasteiger partial charge in [0, 0.05) is 19.9 Å². The van der Waals surface area contributed by atoms with Crippen LogP contribution in [0, 0.1) is 10.1 Å². The van der Waals surface area contributed by atoms with Crippen molar-refractivity contribution in [1.29, 1.82) is 0 Å². The number of imide groups is 1. The maximum atomic E-state index is 13.3. The van der Waals surface area contributed by atoms with Gasteiger partial charge in [-0.05, 0) is 40.7 Å². The van der Waals surface area contributed by atoms with Crippen LogP contribution in [0.15, 0.2) is 21.7 Å². The largest absolute Gasteiger partial charge is 0.443 e. The maximum Gasteiger partial charge on any atom is 0.433 e. The lowest BCUT2D eigenvalue weighted by atomic mass is 9.85. The van der Waals surface area contributed by atoms with Gasteiger partial charge in [0.25, 0.3) is 5.91 Å². The van der Waals surface area contributed by atoms with Crippen LogP contribution in [0.4, 0.5) is 10.7 Å². The summed E-state index contributed by atoms with van der Waals surface area (Å²) in [4.78, 5) is 37.4. The quantitative estimate of drug-likeness (QED) is 0.561. The molecule has 2 aliphatic rings. The Hall–Kier alpha value is -2.91. The number of carbonyl (C=O) groups excluding carboxylic acids is 2. The first-order valence-electron chi connectivity index (χ1n) is 8.90. The monoisotopic (exact) mass is 392 g/mol. The van der Waals surface area contributed by atoms with Crippen LogP contribution in [0.2, 0.25) is 0 Å². The zero-order valence-corrected chi connectivity index (χ0v) is 16.8. The summed E-state index contributed by atoms with van der Waals surface area (Å²) in [5, 5.41) is 16.8. The minimum absolute atomic E-state index is 0.176. The van der Waals surface area contributed by atoms with E-state index in [2.05, 4.69) is 5.10 Å². The molecular weight excluding hydrogens is 368 g/mol. The van der Waals surface area contributed by atoms with Crippen LogP contribution in [-0.2, 0) is 9.53 Å². The third-order valence-corrected chi connectivity index (χ3v) is 4.91. The number of nitro groups is 1. The van der Waals surface area contributed by atoms with E-state index >= 15 is 0 Å². The summed E-state index contributed by atoms with van der Waals surface area (Å²) in [7, 11) is 1.65. The van der Waals surface area contributed by atoms with E-state index in [1.807, 2.05) is 0 Å². The molecule has 10 nitrogen and oxygen atoms in total. The maximum absolute atomic E-state index is 13.3. The number of amides is 2. The van der Waals surface area contributed by atoms with E-state index in [9.17, 15) is 19.7 Å². The van der Waals surface area contributed by atoms with E-state index in [-0.39, 0.29) is 12.2 Å². The molecular formula is C18H24N4O6. The molecule has 2 aliphatic heterocycles. The fourth-order valence-corrected chi connectivity index (χ4v) is 3.80. The summed E-state index contributed by atoms with van der Waals surface area (Å²) < 4.78 is 10.7. The Morgan fingerprint density at radius 3 is 2.54 bits per heavy atom. The van der Waals surface area contributed by atoms with Gasteiger partial charge in [-0.3, -0.25) is 19.9 Å². The van der Waals surface area contributed by atoms with Gasteiger partial charge in [-0.1, -0.05) is 0 Å². The summed E-state index contributed by atoms with van der Waals surface area (Å²) in [6.07, 6.45) is -0.185. The molecule has 0 radical (unpaired) electrons. The number of hydrazone groups is 1.